The Bertz CT molecular complexity index is 560. The van der Waals surface area contributed by atoms with Gasteiger partial charge in [0.25, 0.3) is 0 Å². The Hall–Kier alpha value is -0.910. The Labute approximate surface area is 134 Å². The molecular weight excluding hydrogens is 296 g/mol. The topological polar surface area (TPSA) is 49.4 Å². The van der Waals surface area contributed by atoms with Crippen LogP contribution in [0.15, 0.2) is 30.3 Å². The Kier molecular flexibility index (Phi) is 5.16. The zero-order valence-electron chi connectivity index (χ0n) is 13.1. The molecule has 22 heavy (non-hydrogen) atoms. The normalized spacial score (nSPS) is 22.2. The zero-order chi connectivity index (χ0) is 15.4. The molecule has 122 valence electrons. The van der Waals surface area contributed by atoms with E-state index in [0.29, 0.717) is 0 Å². The van der Waals surface area contributed by atoms with E-state index in [0.717, 1.165) is 37.5 Å². The van der Waals surface area contributed by atoms with Crippen molar-refractivity contribution in [1.29, 1.82) is 0 Å². The van der Waals surface area contributed by atoms with E-state index >= 15 is 0 Å². The van der Waals surface area contributed by atoms with Gasteiger partial charge in [-0.1, -0.05) is 43.2 Å². The van der Waals surface area contributed by atoms with E-state index in [9.17, 15) is 8.42 Å². The maximum atomic E-state index is 12.3. The molecule has 2 fully saturated rings. The number of hydrogen-bond donors (Lipinski definition) is 1. The van der Waals surface area contributed by atoms with Crippen LogP contribution < -0.4 is 4.72 Å². The summed E-state index contributed by atoms with van der Waals surface area (Å²) < 4.78 is 27.5. The minimum absolute atomic E-state index is 0.0800. The van der Waals surface area contributed by atoms with E-state index in [-0.39, 0.29) is 11.8 Å². The Morgan fingerprint density at radius 2 is 1.64 bits per heavy atom. The third-order valence-electron chi connectivity index (χ3n) is 4.92. The molecule has 1 aromatic rings. The van der Waals surface area contributed by atoms with Gasteiger partial charge >= 0.3 is 0 Å². The molecule has 0 radical (unpaired) electrons. The molecule has 5 heteroatoms. The molecule has 0 atom stereocenters. The molecule has 0 amide bonds. The zero-order valence-corrected chi connectivity index (χ0v) is 13.9. The lowest BCUT2D eigenvalue weighted by Gasteiger charge is -2.36. The highest BCUT2D eigenvalue weighted by molar-refractivity contribution is 7.88. The highest BCUT2D eigenvalue weighted by atomic mass is 32.2. The minimum atomic E-state index is -3.24. The van der Waals surface area contributed by atoms with Crippen LogP contribution in [0.2, 0.25) is 0 Å². The van der Waals surface area contributed by atoms with Crippen molar-refractivity contribution in [1.82, 2.24) is 9.62 Å². The van der Waals surface area contributed by atoms with Gasteiger partial charge in [0.2, 0.25) is 10.0 Å². The lowest BCUT2D eigenvalue weighted by Crippen LogP contribution is -2.47. The average molecular weight is 322 g/mol. The van der Waals surface area contributed by atoms with Gasteiger partial charge < -0.3 is 4.90 Å². The van der Waals surface area contributed by atoms with Crippen LogP contribution in [-0.2, 0) is 15.8 Å². The summed E-state index contributed by atoms with van der Waals surface area (Å²) in [5.74, 6) is 0.0800. The van der Waals surface area contributed by atoms with Crippen molar-refractivity contribution in [3.8, 4) is 0 Å². The molecule has 1 N–H and O–H groups in total. The number of nitrogens with one attached hydrogen (secondary N) is 1. The summed E-state index contributed by atoms with van der Waals surface area (Å²) in [5, 5.41) is 0. The summed E-state index contributed by atoms with van der Waals surface area (Å²) in [5.41, 5.74) is 0.846. The van der Waals surface area contributed by atoms with Crippen molar-refractivity contribution in [2.24, 2.45) is 0 Å². The summed E-state index contributed by atoms with van der Waals surface area (Å²) in [4.78, 5) is 2.56. The van der Waals surface area contributed by atoms with Crippen molar-refractivity contribution in [2.45, 2.75) is 56.4 Å². The van der Waals surface area contributed by atoms with Gasteiger partial charge in [-0.15, -0.1) is 0 Å². The van der Waals surface area contributed by atoms with E-state index in [1.807, 2.05) is 30.3 Å². The molecule has 1 aliphatic carbocycles. The molecular formula is C17H26N2O2S. The van der Waals surface area contributed by atoms with Gasteiger partial charge in [-0.2, -0.15) is 0 Å². The first-order valence-corrected chi connectivity index (χ1v) is 10.1. The number of nitrogens with zero attached hydrogens (tertiary/aromatic N) is 1. The summed E-state index contributed by atoms with van der Waals surface area (Å²) in [6, 6.07) is 10.2. The number of likely N-dealkylation sites (tertiary alicyclic amines) is 1. The van der Waals surface area contributed by atoms with Gasteiger partial charge in [0.1, 0.15) is 0 Å². The quantitative estimate of drug-likeness (QED) is 0.906. The fourth-order valence-electron chi connectivity index (χ4n) is 3.74. The van der Waals surface area contributed by atoms with E-state index in [1.54, 1.807) is 0 Å². The standard InChI is InChI=1S/C17H26N2O2S/c20-22(21,14-15-6-2-1-3-7-15)18-16-10-12-19(13-11-16)17-8-4-5-9-17/h1-3,6-7,16-18H,4-5,8-14H2. The SMILES string of the molecule is O=S(=O)(Cc1ccccc1)NC1CCN(C2CCCC2)CC1. The number of piperidine rings is 1. The Balaban J connectivity index is 1.49. The van der Waals surface area contributed by atoms with E-state index in [2.05, 4.69) is 9.62 Å². The summed E-state index contributed by atoms with van der Waals surface area (Å²) in [6.07, 6.45) is 7.23. The third kappa shape index (κ3) is 4.31. The van der Waals surface area contributed by atoms with Crippen LogP contribution in [0.3, 0.4) is 0 Å². The van der Waals surface area contributed by atoms with E-state index < -0.39 is 10.0 Å². The summed E-state index contributed by atoms with van der Waals surface area (Å²) >= 11 is 0. The second kappa shape index (κ2) is 7.11. The average Bonchev–Trinajstić information content (AvgIpc) is 3.02. The number of benzene rings is 1. The predicted octanol–water partition coefficient (Wildman–Crippen LogP) is 2.51. The highest BCUT2D eigenvalue weighted by Gasteiger charge is 2.28. The van der Waals surface area contributed by atoms with Crippen LogP contribution in [-0.4, -0.2) is 38.5 Å². The maximum absolute atomic E-state index is 12.3. The van der Waals surface area contributed by atoms with Gasteiger partial charge in [0, 0.05) is 12.1 Å². The molecule has 1 saturated heterocycles. The first kappa shape index (κ1) is 16.0. The second-order valence-corrected chi connectivity index (χ2v) is 8.36. The van der Waals surface area contributed by atoms with Gasteiger partial charge in [0.05, 0.1) is 5.75 Å². The Morgan fingerprint density at radius 3 is 2.27 bits per heavy atom. The van der Waals surface area contributed by atoms with Crippen LogP contribution >= 0.6 is 0 Å². The number of rotatable bonds is 5. The third-order valence-corrected chi connectivity index (χ3v) is 6.32. The highest BCUT2D eigenvalue weighted by Crippen LogP contribution is 2.26. The lowest BCUT2D eigenvalue weighted by molar-refractivity contribution is 0.151. The van der Waals surface area contributed by atoms with Crippen molar-refractivity contribution < 1.29 is 8.42 Å². The first-order valence-electron chi connectivity index (χ1n) is 8.40. The molecule has 0 spiro atoms. The van der Waals surface area contributed by atoms with Gasteiger partial charge in [-0.3, -0.25) is 0 Å². The van der Waals surface area contributed by atoms with Crippen molar-refractivity contribution in [2.75, 3.05) is 13.1 Å². The van der Waals surface area contributed by atoms with Crippen LogP contribution in [0.25, 0.3) is 0 Å². The van der Waals surface area contributed by atoms with Crippen LogP contribution in [0.1, 0.15) is 44.1 Å². The van der Waals surface area contributed by atoms with Gasteiger partial charge in [-0.05, 0) is 44.3 Å². The predicted molar refractivity (Wildman–Crippen MR) is 89.1 cm³/mol. The van der Waals surface area contributed by atoms with Crippen LogP contribution in [0, 0.1) is 0 Å². The van der Waals surface area contributed by atoms with Crippen molar-refractivity contribution in [3.05, 3.63) is 35.9 Å². The minimum Gasteiger partial charge on any atom is -0.300 e. The molecule has 1 heterocycles. The molecule has 3 rings (SSSR count). The smallest absolute Gasteiger partial charge is 0.216 e. The molecule has 1 aromatic carbocycles. The fourth-order valence-corrected chi connectivity index (χ4v) is 5.20. The van der Waals surface area contributed by atoms with Gasteiger partial charge in [-0.25, -0.2) is 13.1 Å². The summed E-state index contributed by atoms with van der Waals surface area (Å²) in [6.45, 7) is 2.06. The van der Waals surface area contributed by atoms with E-state index in [1.165, 1.54) is 25.7 Å². The summed E-state index contributed by atoms with van der Waals surface area (Å²) in [7, 11) is -3.24. The molecule has 0 aromatic heterocycles. The Morgan fingerprint density at radius 1 is 1.00 bits per heavy atom. The monoisotopic (exact) mass is 322 g/mol. The van der Waals surface area contributed by atoms with E-state index in [4.69, 9.17) is 0 Å². The molecule has 1 aliphatic heterocycles. The van der Waals surface area contributed by atoms with Crippen molar-refractivity contribution in [3.63, 3.8) is 0 Å². The largest absolute Gasteiger partial charge is 0.300 e. The van der Waals surface area contributed by atoms with Crippen molar-refractivity contribution >= 4 is 10.0 Å². The molecule has 2 aliphatic rings. The van der Waals surface area contributed by atoms with Crippen LogP contribution in [0.5, 0.6) is 0 Å². The molecule has 4 nitrogen and oxygen atoms in total. The lowest BCUT2D eigenvalue weighted by atomic mass is 10.0. The maximum Gasteiger partial charge on any atom is 0.216 e. The fraction of sp³-hybridized carbons (Fsp3) is 0.647. The molecule has 0 bridgehead atoms. The first-order chi connectivity index (χ1) is 10.6. The number of sulfonamides is 1. The second-order valence-electron chi connectivity index (χ2n) is 6.61. The number of hydrogen-bond acceptors (Lipinski definition) is 3. The van der Waals surface area contributed by atoms with Crippen LogP contribution in [0.4, 0.5) is 0 Å². The molecule has 0 unspecified atom stereocenters. The van der Waals surface area contributed by atoms with Gasteiger partial charge in [0.15, 0.2) is 0 Å². The molecule has 1 saturated carbocycles.